The maximum atomic E-state index is 13.0. The number of aryl methyl sites for hydroxylation is 2. The minimum Gasteiger partial charge on any atom is -0.322 e. The van der Waals surface area contributed by atoms with E-state index in [4.69, 9.17) is 0 Å². The Kier molecular flexibility index (Phi) is 6.03. The Balaban J connectivity index is 1.83. The summed E-state index contributed by atoms with van der Waals surface area (Å²) >= 11 is 0. The van der Waals surface area contributed by atoms with Gasteiger partial charge in [-0.1, -0.05) is 30.3 Å². The van der Waals surface area contributed by atoms with E-state index in [0.29, 0.717) is 22.5 Å². The van der Waals surface area contributed by atoms with E-state index in [-0.39, 0.29) is 11.3 Å². The topological polar surface area (TPSA) is 92.3 Å². The number of nitrogens with one attached hydrogen (secondary N) is 2. The van der Waals surface area contributed by atoms with Crippen LogP contribution in [0.2, 0.25) is 0 Å². The van der Waals surface area contributed by atoms with E-state index in [1.54, 1.807) is 54.6 Å². The van der Waals surface area contributed by atoms with Crippen molar-refractivity contribution in [3.63, 3.8) is 0 Å². The smallest absolute Gasteiger partial charge is 0.256 e. The maximum Gasteiger partial charge on any atom is 0.256 e. The van der Waals surface area contributed by atoms with Crippen molar-refractivity contribution in [1.29, 1.82) is 0 Å². The fourth-order valence-electron chi connectivity index (χ4n) is 2.95. The number of rotatable bonds is 6. The van der Waals surface area contributed by atoms with Crippen molar-refractivity contribution in [2.45, 2.75) is 13.8 Å². The number of carbonyl (C=O) groups excluding carboxylic acids is 2. The van der Waals surface area contributed by atoms with Gasteiger partial charge in [0.25, 0.3) is 5.91 Å². The molecule has 0 fully saturated rings. The van der Waals surface area contributed by atoms with Crippen LogP contribution in [0.5, 0.6) is 0 Å². The first-order valence-corrected chi connectivity index (χ1v) is 11.1. The summed E-state index contributed by atoms with van der Waals surface area (Å²) in [5.74, 6) is -0.650. The van der Waals surface area contributed by atoms with Crippen molar-refractivity contribution < 1.29 is 18.0 Å². The number of sulfonamides is 1. The van der Waals surface area contributed by atoms with E-state index in [9.17, 15) is 18.0 Å². The highest BCUT2D eigenvalue weighted by molar-refractivity contribution is 7.92. The standard InChI is InChI=1S/C23H22N2O4S/c1-15-8-9-17(14-16(15)2)22(26)20-6-4-5-7-21(20)23(27)24-18-10-12-19(13-11-18)25-30(3,28)29/h4-14,25H,1-3H3,(H,24,27). The second kappa shape index (κ2) is 8.51. The summed E-state index contributed by atoms with van der Waals surface area (Å²) in [6.07, 6.45) is 1.06. The molecule has 3 rings (SSSR count). The summed E-state index contributed by atoms with van der Waals surface area (Å²) in [6, 6.07) is 18.4. The van der Waals surface area contributed by atoms with Gasteiger partial charge in [0.2, 0.25) is 10.0 Å². The first-order chi connectivity index (χ1) is 14.1. The molecule has 0 saturated carbocycles. The lowest BCUT2D eigenvalue weighted by molar-refractivity contribution is 0.0996. The third kappa shape index (κ3) is 5.12. The molecule has 3 aromatic rings. The van der Waals surface area contributed by atoms with Gasteiger partial charge in [0.15, 0.2) is 5.78 Å². The fraction of sp³-hybridized carbons (Fsp3) is 0.130. The molecule has 1 amide bonds. The van der Waals surface area contributed by atoms with Gasteiger partial charge in [-0.3, -0.25) is 14.3 Å². The van der Waals surface area contributed by atoms with E-state index < -0.39 is 15.9 Å². The number of anilines is 2. The van der Waals surface area contributed by atoms with Crippen molar-refractivity contribution in [3.05, 3.63) is 94.5 Å². The molecule has 0 unspecified atom stereocenters. The zero-order valence-electron chi connectivity index (χ0n) is 16.9. The predicted molar refractivity (Wildman–Crippen MR) is 119 cm³/mol. The maximum absolute atomic E-state index is 13.0. The Bertz CT molecular complexity index is 1220. The van der Waals surface area contributed by atoms with Crippen molar-refractivity contribution in [2.75, 3.05) is 16.3 Å². The van der Waals surface area contributed by atoms with Crippen LogP contribution in [0.15, 0.2) is 66.7 Å². The van der Waals surface area contributed by atoms with Gasteiger partial charge < -0.3 is 5.32 Å². The highest BCUT2D eigenvalue weighted by atomic mass is 32.2. The van der Waals surface area contributed by atoms with E-state index in [1.807, 2.05) is 26.0 Å². The normalized spacial score (nSPS) is 11.0. The van der Waals surface area contributed by atoms with Crippen LogP contribution in [0.1, 0.15) is 37.4 Å². The molecular weight excluding hydrogens is 400 g/mol. The number of ketones is 1. The second-order valence-electron chi connectivity index (χ2n) is 7.08. The molecular formula is C23H22N2O4S. The molecule has 154 valence electrons. The highest BCUT2D eigenvalue weighted by Crippen LogP contribution is 2.20. The van der Waals surface area contributed by atoms with Crippen LogP contribution in [-0.2, 0) is 10.0 Å². The quantitative estimate of drug-likeness (QED) is 0.584. The fourth-order valence-corrected chi connectivity index (χ4v) is 3.52. The lowest BCUT2D eigenvalue weighted by atomic mass is 9.95. The Hall–Kier alpha value is -3.45. The SMILES string of the molecule is Cc1ccc(C(=O)c2ccccc2C(=O)Nc2ccc(NS(C)(=O)=O)cc2)cc1C. The van der Waals surface area contributed by atoms with Crippen LogP contribution in [0, 0.1) is 13.8 Å². The first-order valence-electron chi connectivity index (χ1n) is 9.24. The third-order valence-corrected chi connectivity index (χ3v) is 5.24. The zero-order valence-corrected chi connectivity index (χ0v) is 17.7. The lowest BCUT2D eigenvalue weighted by Gasteiger charge is -2.11. The van der Waals surface area contributed by atoms with Gasteiger partial charge in [-0.2, -0.15) is 0 Å². The molecule has 0 saturated heterocycles. The number of hydrogen-bond donors (Lipinski definition) is 2. The molecule has 0 aliphatic carbocycles. The minimum atomic E-state index is -3.38. The van der Waals surface area contributed by atoms with E-state index >= 15 is 0 Å². The second-order valence-corrected chi connectivity index (χ2v) is 8.83. The summed E-state index contributed by atoms with van der Waals surface area (Å²) in [5, 5.41) is 2.75. The first kappa shape index (κ1) is 21.3. The molecule has 0 radical (unpaired) electrons. The van der Waals surface area contributed by atoms with E-state index in [2.05, 4.69) is 10.0 Å². The summed E-state index contributed by atoms with van der Waals surface area (Å²) in [6.45, 7) is 3.91. The van der Waals surface area contributed by atoms with Crippen molar-refractivity contribution in [2.24, 2.45) is 0 Å². The van der Waals surface area contributed by atoms with Crippen molar-refractivity contribution in [1.82, 2.24) is 0 Å². The monoisotopic (exact) mass is 422 g/mol. The van der Waals surface area contributed by atoms with Gasteiger partial charge in [-0.15, -0.1) is 0 Å². The highest BCUT2D eigenvalue weighted by Gasteiger charge is 2.18. The predicted octanol–water partition coefficient (Wildman–Crippen LogP) is 4.16. The van der Waals surface area contributed by atoms with Crippen molar-refractivity contribution in [3.8, 4) is 0 Å². The van der Waals surface area contributed by atoms with Crippen LogP contribution in [0.3, 0.4) is 0 Å². The molecule has 0 spiro atoms. The lowest BCUT2D eigenvalue weighted by Crippen LogP contribution is -2.17. The molecule has 3 aromatic carbocycles. The summed E-state index contributed by atoms with van der Waals surface area (Å²) < 4.78 is 24.9. The Labute approximate surface area is 176 Å². The van der Waals surface area contributed by atoms with Gasteiger partial charge >= 0.3 is 0 Å². The molecule has 0 aromatic heterocycles. The van der Waals surface area contributed by atoms with E-state index in [0.717, 1.165) is 17.4 Å². The van der Waals surface area contributed by atoms with Gasteiger partial charge in [-0.05, 0) is 61.4 Å². The number of benzene rings is 3. The third-order valence-electron chi connectivity index (χ3n) is 4.63. The van der Waals surface area contributed by atoms with Crippen LogP contribution in [-0.4, -0.2) is 26.4 Å². The molecule has 2 N–H and O–H groups in total. The zero-order chi connectivity index (χ0) is 21.9. The average Bonchev–Trinajstić information content (AvgIpc) is 2.70. The molecule has 0 aliphatic heterocycles. The van der Waals surface area contributed by atoms with Gasteiger partial charge in [-0.25, -0.2) is 8.42 Å². The summed E-state index contributed by atoms with van der Waals surface area (Å²) in [5.41, 5.74) is 4.06. The largest absolute Gasteiger partial charge is 0.322 e. The Morgan fingerprint density at radius 2 is 1.37 bits per heavy atom. The van der Waals surface area contributed by atoms with Crippen LogP contribution < -0.4 is 10.0 Å². The van der Waals surface area contributed by atoms with Crippen LogP contribution in [0.25, 0.3) is 0 Å². The molecule has 30 heavy (non-hydrogen) atoms. The van der Waals surface area contributed by atoms with E-state index in [1.165, 1.54) is 0 Å². The number of amides is 1. The average molecular weight is 423 g/mol. The summed E-state index contributed by atoms with van der Waals surface area (Å²) in [7, 11) is -3.38. The number of carbonyl (C=O) groups is 2. The molecule has 0 atom stereocenters. The Morgan fingerprint density at radius 1 is 0.767 bits per heavy atom. The molecule has 7 heteroatoms. The van der Waals surface area contributed by atoms with Gasteiger partial charge in [0.1, 0.15) is 0 Å². The molecule has 0 heterocycles. The number of hydrogen-bond acceptors (Lipinski definition) is 4. The van der Waals surface area contributed by atoms with Crippen LogP contribution >= 0.6 is 0 Å². The van der Waals surface area contributed by atoms with Crippen molar-refractivity contribution >= 4 is 33.1 Å². The van der Waals surface area contributed by atoms with Crippen LogP contribution in [0.4, 0.5) is 11.4 Å². The molecule has 6 nitrogen and oxygen atoms in total. The summed E-state index contributed by atoms with van der Waals surface area (Å²) in [4.78, 5) is 25.9. The Morgan fingerprint density at radius 3 is 1.97 bits per heavy atom. The molecule has 0 bridgehead atoms. The van der Waals surface area contributed by atoms with Gasteiger partial charge in [0.05, 0.1) is 11.8 Å². The molecule has 0 aliphatic rings. The van der Waals surface area contributed by atoms with Gasteiger partial charge in [0, 0.05) is 22.5 Å². The minimum absolute atomic E-state index is 0.225.